The van der Waals surface area contributed by atoms with Crippen LogP contribution in [0.2, 0.25) is 0 Å². The van der Waals surface area contributed by atoms with Crippen LogP contribution in [-0.2, 0) is 30.5 Å². The van der Waals surface area contributed by atoms with Crippen LogP contribution in [0.4, 0.5) is 18.9 Å². The Kier molecular flexibility index (Phi) is 4.16. The number of carbonyl (C=O) groups is 1. The molecule has 1 aliphatic rings. The SMILES string of the molecule is Nc1ccccc1CCC(=O)N1CCn2c(nnc2C(F)(F)F)C1. The van der Waals surface area contributed by atoms with Gasteiger partial charge in [0.2, 0.25) is 11.7 Å². The highest BCUT2D eigenvalue weighted by Crippen LogP contribution is 2.29. The molecule has 0 fully saturated rings. The number of halogens is 3. The van der Waals surface area contributed by atoms with Gasteiger partial charge in [-0.3, -0.25) is 4.79 Å². The maximum atomic E-state index is 12.8. The molecule has 1 amide bonds. The normalized spacial score (nSPS) is 14.5. The third kappa shape index (κ3) is 3.19. The largest absolute Gasteiger partial charge is 0.451 e. The summed E-state index contributed by atoms with van der Waals surface area (Å²) in [5, 5.41) is 6.77. The molecule has 24 heavy (non-hydrogen) atoms. The predicted octanol–water partition coefficient (Wildman–Crippen LogP) is 1.85. The van der Waals surface area contributed by atoms with E-state index in [2.05, 4.69) is 10.2 Å². The fourth-order valence-corrected chi connectivity index (χ4v) is 2.74. The van der Waals surface area contributed by atoms with Crippen molar-refractivity contribution in [3.63, 3.8) is 0 Å². The van der Waals surface area contributed by atoms with Gasteiger partial charge >= 0.3 is 6.18 Å². The van der Waals surface area contributed by atoms with Crippen molar-refractivity contribution in [3.05, 3.63) is 41.5 Å². The van der Waals surface area contributed by atoms with Crippen LogP contribution in [-0.4, -0.2) is 32.1 Å². The molecule has 2 heterocycles. The molecule has 0 bridgehead atoms. The number of alkyl halides is 3. The van der Waals surface area contributed by atoms with E-state index >= 15 is 0 Å². The van der Waals surface area contributed by atoms with Crippen molar-refractivity contribution in [3.8, 4) is 0 Å². The van der Waals surface area contributed by atoms with Crippen LogP contribution in [0.15, 0.2) is 24.3 Å². The molecule has 1 aromatic carbocycles. The van der Waals surface area contributed by atoms with E-state index in [4.69, 9.17) is 5.73 Å². The summed E-state index contributed by atoms with van der Waals surface area (Å²) in [7, 11) is 0. The molecule has 0 saturated heterocycles. The van der Waals surface area contributed by atoms with Crippen LogP contribution in [0.3, 0.4) is 0 Å². The number of nitrogens with two attached hydrogens (primary N) is 1. The minimum atomic E-state index is -4.54. The number of carbonyl (C=O) groups excluding carboxylic acids is 1. The fourth-order valence-electron chi connectivity index (χ4n) is 2.74. The van der Waals surface area contributed by atoms with Crippen molar-refractivity contribution >= 4 is 11.6 Å². The summed E-state index contributed by atoms with van der Waals surface area (Å²) in [5.41, 5.74) is 7.34. The number of benzene rings is 1. The number of fused-ring (bicyclic) bond motifs is 1. The fraction of sp³-hybridized carbons (Fsp3) is 0.400. The summed E-state index contributed by atoms with van der Waals surface area (Å²) in [6, 6.07) is 7.28. The highest BCUT2D eigenvalue weighted by molar-refractivity contribution is 5.76. The molecular formula is C15H16F3N5O. The van der Waals surface area contributed by atoms with Crippen LogP contribution in [0.25, 0.3) is 0 Å². The van der Waals surface area contributed by atoms with E-state index in [1.165, 1.54) is 4.90 Å². The highest BCUT2D eigenvalue weighted by Gasteiger charge is 2.39. The molecule has 0 atom stereocenters. The van der Waals surface area contributed by atoms with E-state index in [0.29, 0.717) is 12.1 Å². The lowest BCUT2D eigenvalue weighted by Gasteiger charge is -2.28. The minimum absolute atomic E-state index is 0.0339. The van der Waals surface area contributed by atoms with Crippen LogP contribution < -0.4 is 5.73 Å². The van der Waals surface area contributed by atoms with Gasteiger partial charge in [-0.15, -0.1) is 10.2 Å². The number of anilines is 1. The second-order valence-electron chi connectivity index (χ2n) is 5.60. The highest BCUT2D eigenvalue weighted by atomic mass is 19.4. The summed E-state index contributed by atoms with van der Waals surface area (Å²) >= 11 is 0. The number of hydrogen-bond donors (Lipinski definition) is 1. The molecule has 0 aliphatic carbocycles. The summed E-state index contributed by atoms with van der Waals surface area (Å²) < 4.78 is 39.4. The predicted molar refractivity (Wildman–Crippen MR) is 79.6 cm³/mol. The van der Waals surface area contributed by atoms with E-state index in [0.717, 1.165) is 10.1 Å². The Hall–Kier alpha value is -2.58. The lowest BCUT2D eigenvalue weighted by Crippen LogP contribution is -2.39. The van der Waals surface area contributed by atoms with E-state index in [1.807, 2.05) is 18.2 Å². The first-order valence-electron chi connectivity index (χ1n) is 7.46. The minimum Gasteiger partial charge on any atom is -0.399 e. The van der Waals surface area contributed by atoms with E-state index < -0.39 is 12.0 Å². The second-order valence-corrected chi connectivity index (χ2v) is 5.60. The van der Waals surface area contributed by atoms with Gasteiger partial charge in [-0.25, -0.2) is 0 Å². The van der Waals surface area contributed by atoms with Gasteiger partial charge in [0.15, 0.2) is 5.82 Å². The van der Waals surface area contributed by atoms with Crippen LogP contribution in [0.1, 0.15) is 23.6 Å². The average Bonchev–Trinajstić information content (AvgIpc) is 2.97. The zero-order chi connectivity index (χ0) is 17.3. The Morgan fingerprint density at radius 3 is 2.67 bits per heavy atom. The summed E-state index contributed by atoms with van der Waals surface area (Å²) in [4.78, 5) is 13.8. The topological polar surface area (TPSA) is 77.0 Å². The third-order valence-corrected chi connectivity index (χ3v) is 4.02. The number of amides is 1. The molecule has 2 aromatic rings. The Morgan fingerprint density at radius 2 is 1.96 bits per heavy atom. The van der Waals surface area contributed by atoms with Gasteiger partial charge in [-0.2, -0.15) is 13.2 Å². The quantitative estimate of drug-likeness (QED) is 0.866. The Labute approximate surface area is 136 Å². The molecule has 1 aromatic heterocycles. The molecule has 9 heteroatoms. The van der Waals surface area contributed by atoms with Crippen molar-refractivity contribution in [2.75, 3.05) is 12.3 Å². The summed E-state index contributed by atoms with van der Waals surface area (Å²) in [6.07, 6.45) is -3.81. The van der Waals surface area contributed by atoms with Crippen molar-refractivity contribution in [1.29, 1.82) is 0 Å². The van der Waals surface area contributed by atoms with Gasteiger partial charge in [0.05, 0.1) is 6.54 Å². The van der Waals surface area contributed by atoms with Gasteiger partial charge in [0.1, 0.15) is 0 Å². The lowest BCUT2D eigenvalue weighted by atomic mass is 10.1. The van der Waals surface area contributed by atoms with Crippen molar-refractivity contribution in [1.82, 2.24) is 19.7 Å². The van der Waals surface area contributed by atoms with Crippen LogP contribution >= 0.6 is 0 Å². The van der Waals surface area contributed by atoms with Crippen molar-refractivity contribution < 1.29 is 18.0 Å². The molecule has 1 aliphatic heterocycles. The lowest BCUT2D eigenvalue weighted by molar-refractivity contribution is -0.148. The molecule has 0 radical (unpaired) electrons. The molecule has 3 rings (SSSR count). The van der Waals surface area contributed by atoms with Crippen LogP contribution in [0, 0.1) is 0 Å². The Balaban J connectivity index is 1.64. The average molecular weight is 339 g/mol. The number of nitrogen functional groups attached to an aromatic ring is 1. The van der Waals surface area contributed by atoms with Gasteiger partial charge in [-0.1, -0.05) is 18.2 Å². The number of aromatic nitrogens is 3. The summed E-state index contributed by atoms with van der Waals surface area (Å²) in [5.74, 6) is -0.996. The number of hydrogen-bond acceptors (Lipinski definition) is 4. The number of rotatable bonds is 3. The molecule has 0 unspecified atom stereocenters. The van der Waals surface area contributed by atoms with Gasteiger partial charge in [0.25, 0.3) is 0 Å². The standard InChI is InChI=1S/C15H16F3N5O/c16-15(17,18)14-21-20-12-9-22(7-8-23(12)14)13(24)6-5-10-3-1-2-4-11(10)19/h1-4H,5-9,19H2. The van der Waals surface area contributed by atoms with Gasteiger partial charge in [-0.05, 0) is 18.1 Å². The molecule has 128 valence electrons. The Morgan fingerprint density at radius 1 is 1.21 bits per heavy atom. The van der Waals surface area contributed by atoms with Gasteiger partial charge in [0, 0.05) is 25.2 Å². The molecule has 2 N–H and O–H groups in total. The zero-order valence-corrected chi connectivity index (χ0v) is 12.8. The number of nitrogens with zero attached hydrogens (tertiary/aromatic N) is 4. The third-order valence-electron chi connectivity index (χ3n) is 4.02. The first-order valence-corrected chi connectivity index (χ1v) is 7.46. The second kappa shape index (κ2) is 6.14. The molecule has 0 saturated carbocycles. The van der Waals surface area contributed by atoms with E-state index in [1.54, 1.807) is 6.07 Å². The number of aryl methyl sites for hydroxylation is 1. The monoisotopic (exact) mass is 339 g/mol. The molecule has 6 nitrogen and oxygen atoms in total. The maximum absolute atomic E-state index is 12.8. The van der Waals surface area contributed by atoms with Crippen molar-refractivity contribution in [2.45, 2.75) is 32.1 Å². The van der Waals surface area contributed by atoms with E-state index in [9.17, 15) is 18.0 Å². The Bertz CT molecular complexity index is 756. The summed E-state index contributed by atoms with van der Waals surface area (Å²) in [6.45, 7) is 0.278. The van der Waals surface area contributed by atoms with Crippen LogP contribution in [0.5, 0.6) is 0 Å². The maximum Gasteiger partial charge on any atom is 0.451 e. The zero-order valence-electron chi connectivity index (χ0n) is 12.8. The first-order chi connectivity index (χ1) is 11.4. The van der Waals surface area contributed by atoms with Gasteiger partial charge < -0.3 is 15.2 Å². The molecule has 0 spiro atoms. The molecular weight excluding hydrogens is 323 g/mol. The van der Waals surface area contributed by atoms with Crippen molar-refractivity contribution in [2.24, 2.45) is 0 Å². The smallest absolute Gasteiger partial charge is 0.399 e. The number of para-hydroxylation sites is 1. The first kappa shape index (κ1) is 16.3. The van der Waals surface area contributed by atoms with E-state index in [-0.39, 0.29) is 37.8 Å².